The fraction of sp³-hybridized carbons (Fsp3) is 0. The monoisotopic (exact) mass is 240 g/mol. The first-order valence-electron chi connectivity index (χ1n) is 3.36. The predicted molar refractivity (Wildman–Crippen MR) is 32.6 cm³/mol. The van der Waals surface area contributed by atoms with E-state index in [-0.39, 0.29) is 37.7 Å². The average molecular weight is 240 g/mol. The van der Waals surface area contributed by atoms with Crippen molar-refractivity contribution in [1.29, 1.82) is 0 Å². The maximum absolute atomic E-state index is 12.6. The van der Waals surface area contributed by atoms with Crippen LogP contribution in [0, 0.1) is 29.1 Å². The topological polar surface area (TPSA) is 55.3 Å². The van der Waals surface area contributed by atoms with Crippen LogP contribution in [0.25, 0.3) is 0 Å². The standard InChI is InChI=1S/C6BF5O3.2Li/c8-1-2(9)4(11)6(15-7(13)14)5(12)3(1)10;;/q-2;2*+1. The molecule has 0 bridgehead atoms. The van der Waals surface area contributed by atoms with E-state index in [1.165, 1.54) is 0 Å². The molecule has 0 aliphatic rings. The molecule has 82 valence electrons. The molecule has 0 fully saturated rings. The second kappa shape index (κ2) is 7.32. The van der Waals surface area contributed by atoms with E-state index in [4.69, 9.17) is 0 Å². The number of hydrogen-bond acceptors (Lipinski definition) is 3. The summed E-state index contributed by atoms with van der Waals surface area (Å²) >= 11 is 0. The van der Waals surface area contributed by atoms with Gasteiger partial charge in [-0.2, -0.15) is 8.78 Å². The summed E-state index contributed by atoms with van der Waals surface area (Å²) in [5.74, 6) is -13.6. The second-order valence-electron chi connectivity index (χ2n) is 2.31. The van der Waals surface area contributed by atoms with Gasteiger partial charge in [-0.25, -0.2) is 13.2 Å². The molecule has 3 nitrogen and oxygen atoms in total. The smallest absolute Gasteiger partial charge is 0.860 e. The van der Waals surface area contributed by atoms with Gasteiger partial charge in [-0.1, -0.05) is 0 Å². The fourth-order valence-corrected chi connectivity index (χ4v) is 0.784. The van der Waals surface area contributed by atoms with Crippen LogP contribution in [-0.2, 0) is 0 Å². The Kier molecular flexibility index (Phi) is 8.27. The maximum Gasteiger partial charge on any atom is 1.00 e. The Bertz CT molecular complexity index is 377. The summed E-state index contributed by atoms with van der Waals surface area (Å²) in [5.41, 5.74) is 0. The molecule has 17 heavy (non-hydrogen) atoms. The van der Waals surface area contributed by atoms with Gasteiger partial charge < -0.3 is 14.7 Å². The molecule has 1 rings (SSSR count). The molecule has 0 saturated carbocycles. The molecule has 0 saturated heterocycles. The first kappa shape index (κ1) is 19.2. The third-order valence-corrected chi connectivity index (χ3v) is 1.38. The predicted octanol–water partition coefficient (Wildman–Crippen LogP) is -6.53. The Morgan fingerprint density at radius 2 is 1.00 bits per heavy atom. The van der Waals surface area contributed by atoms with Gasteiger partial charge in [-0.3, -0.25) is 0 Å². The Hall–Kier alpha value is -0.150. The minimum atomic E-state index is -3.20. The Balaban J connectivity index is 0. The van der Waals surface area contributed by atoms with Crippen LogP contribution < -0.4 is 52.4 Å². The van der Waals surface area contributed by atoms with Crippen molar-refractivity contribution in [3.05, 3.63) is 29.1 Å². The quantitative estimate of drug-likeness (QED) is 0.223. The van der Waals surface area contributed by atoms with E-state index in [1.807, 2.05) is 0 Å². The molecule has 0 heterocycles. The molecule has 0 unspecified atom stereocenters. The van der Waals surface area contributed by atoms with Gasteiger partial charge in [0, 0.05) is 0 Å². The second-order valence-corrected chi connectivity index (χ2v) is 2.31. The number of rotatable bonds is 2. The molecule has 0 aliphatic carbocycles. The van der Waals surface area contributed by atoms with Crippen molar-refractivity contribution in [1.82, 2.24) is 0 Å². The van der Waals surface area contributed by atoms with Crippen molar-refractivity contribution in [2.45, 2.75) is 0 Å². The summed E-state index contributed by atoms with van der Waals surface area (Å²) in [6.45, 7) is 0. The minimum absolute atomic E-state index is 0. The van der Waals surface area contributed by atoms with Crippen LogP contribution in [0.2, 0.25) is 0 Å². The third-order valence-electron chi connectivity index (χ3n) is 1.38. The average Bonchev–Trinajstić information content (AvgIpc) is 2.18. The van der Waals surface area contributed by atoms with E-state index in [9.17, 15) is 32.0 Å². The summed E-state index contributed by atoms with van der Waals surface area (Å²) in [4.78, 5) is 0. The third kappa shape index (κ3) is 3.92. The summed E-state index contributed by atoms with van der Waals surface area (Å²) in [6, 6.07) is 0. The van der Waals surface area contributed by atoms with Crippen LogP contribution in [0.15, 0.2) is 0 Å². The van der Waals surface area contributed by atoms with Gasteiger partial charge in [0.05, 0.1) is 0 Å². The van der Waals surface area contributed by atoms with Gasteiger partial charge in [0.25, 0.3) is 0 Å². The van der Waals surface area contributed by atoms with E-state index < -0.39 is 42.2 Å². The molecule has 0 N–H and O–H groups in total. The van der Waals surface area contributed by atoms with Crippen LogP contribution >= 0.6 is 0 Å². The molecule has 0 amide bonds. The molecular weight excluding hydrogens is 240 g/mol. The molecular formula is C6BF5Li2O3. The van der Waals surface area contributed by atoms with Crippen LogP contribution in [0.1, 0.15) is 0 Å². The van der Waals surface area contributed by atoms with E-state index in [0.717, 1.165) is 0 Å². The Morgan fingerprint density at radius 3 is 1.29 bits per heavy atom. The summed E-state index contributed by atoms with van der Waals surface area (Å²) in [5, 5.41) is 19.7. The van der Waals surface area contributed by atoms with Crippen LogP contribution in [0.5, 0.6) is 5.75 Å². The van der Waals surface area contributed by atoms with Gasteiger partial charge in [0.2, 0.25) is 29.1 Å². The molecule has 1 aromatic carbocycles. The number of halogens is 5. The number of benzene rings is 1. The van der Waals surface area contributed by atoms with Crippen molar-refractivity contribution in [3.8, 4) is 5.75 Å². The minimum Gasteiger partial charge on any atom is -0.860 e. The SMILES string of the molecule is [Li+].[Li+].[O-]B([O-])Oc1c(F)c(F)c(F)c(F)c1F. The van der Waals surface area contributed by atoms with Crippen molar-refractivity contribution in [2.24, 2.45) is 0 Å². The molecule has 0 aromatic heterocycles. The van der Waals surface area contributed by atoms with Gasteiger partial charge in [0.15, 0.2) is 5.75 Å². The van der Waals surface area contributed by atoms with Crippen LogP contribution in [0.3, 0.4) is 0 Å². The molecule has 0 spiro atoms. The van der Waals surface area contributed by atoms with Crippen molar-refractivity contribution < 1.29 is 74.4 Å². The summed E-state index contributed by atoms with van der Waals surface area (Å²) in [7, 11) is -3.20. The maximum atomic E-state index is 12.6. The van der Waals surface area contributed by atoms with E-state index >= 15 is 0 Å². The molecule has 0 aliphatic heterocycles. The summed E-state index contributed by atoms with van der Waals surface area (Å²) in [6.07, 6.45) is 0. The van der Waals surface area contributed by atoms with E-state index in [2.05, 4.69) is 4.65 Å². The largest absolute Gasteiger partial charge is 1.00 e. The fourth-order valence-electron chi connectivity index (χ4n) is 0.784. The first-order valence-corrected chi connectivity index (χ1v) is 3.36. The zero-order valence-electron chi connectivity index (χ0n) is 8.69. The number of hydrogen-bond donors (Lipinski definition) is 0. The van der Waals surface area contributed by atoms with Gasteiger partial charge in [-0.15, -0.1) is 0 Å². The summed E-state index contributed by atoms with van der Waals surface area (Å²) < 4.78 is 65.9. The molecule has 1 aromatic rings. The zero-order valence-corrected chi connectivity index (χ0v) is 8.69. The van der Waals surface area contributed by atoms with Gasteiger partial charge >= 0.3 is 37.7 Å². The van der Waals surface area contributed by atoms with Gasteiger partial charge in [0.1, 0.15) is 7.32 Å². The molecule has 0 radical (unpaired) electrons. The van der Waals surface area contributed by atoms with E-state index in [1.54, 1.807) is 0 Å². The Morgan fingerprint density at radius 1 is 0.706 bits per heavy atom. The van der Waals surface area contributed by atoms with Crippen LogP contribution in [0.4, 0.5) is 22.0 Å². The van der Waals surface area contributed by atoms with E-state index in [0.29, 0.717) is 0 Å². The van der Waals surface area contributed by atoms with Crippen molar-refractivity contribution >= 4 is 7.32 Å². The normalized spacial score (nSPS) is 9.12. The zero-order chi connectivity index (χ0) is 11.7. The van der Waals surface area contributed by atoms with Crippen molar-refractivity contribution in [2.75, 3.05) is 0 Å². The van der Waals surface area contributed by atoms with Crippen molar-refractivity contribution in [3.63, 3.8) is 0 Å². The van der Waals surface area contributed by atoms with Gasteiger partial charge in [-0.05, 0) is 0 Å². The van der Waals surface area contributed by atoms with Crippen LogP contribution in [-0.4, -0.2) is 7.32 Å². The molecule has 0 atom stereocenters. The Labute approximate surface area is 116 Å². The first-order chi connectivity index (χ1) is 6.86. The molecule has 11 heteroatoms.